The Bertz CT molecular complexity index is 1620. The number of aromatic nitrogens is 2. The van der Waals surface area contributed by atoms with Crippen LogP contribution >= 0.6 is 11.6 Å². The van der Waals surface area contributed by atoms with Crippen LogP contribution in [0.5, 0.6) is 11.5 Å². The molecule has 10 heteroatoms. The van der Waals surface area contributed by atoms with Crippen LogP contribution < -0.4 is 14.8 Å². The van der Waals surface area contributed by atoms with Crippen LogP contribution in [-0.4, -0.2) is 52.2 Å². The minimum absolute atomic E-state index is 0.256. The highest BCUT2D eigenvalue weighted by molar-refractivity contribution is 6.30. The number of hydrogen-bond acceptors (Lipinski definition) is 6. The average Bonchev–Trinajstić information content (AvgIpc) is 3.48. The number of carbonyl (C=O) groups is 1. The summed E-state index contributed by atoms with van der Waals surface area (Å²) in [6, 6.07) is 15.5. The van der Waals surface area contributed by atoms with E-state index < -0.39 is 17.6 Å². The summed E-state index contributed by atoms with van der Waals surface area (Å²) >= 11 is 5.96. The van der Waals surface area contributed by atoms with Crippen LogP contribution in [0.1, 0.15) is 53.0 Å². The highest BCUT2D eigenvalue weighted by Gasteiger charge is 2.43. The predicted molar refractivity (Wildman–Crippen MR) is 154 cm³/mol. The molecule has 1 aromatic heterocycles. The molecule has 1 fully saturated rings. The molecule has 1 saturated heterocycles. The number of piperidine rings is 1. The van der Waals surface area contributed by atoms with Gasteiger partial charge in [-0.2, -0.15) is 0 Å². The topological polar surface area (TPSA) is 88.9 Å². The van der Waals surface area contributed by atoms with Crippen LogP contribution in [0, 0.1) is 5.82 Å². The predicted octanol–water partition coefficient (Wildman–Crippen LogP) is 5.77. The summed E-state index contributed by atoms with van der Waals surface area (Å²) in [5.74, 6) is -0.218. The lowest BCUT2D eigenvalue weighted by atomic mass is 9.88. The van der Waals surface area contributed by atoms with E-state index >= 15 is 0 Å². The summed E-state index contributed by atoms with van der Waals surface area (Å²) in [4.78, 5) is 18.8. The Labute approximate surface area is 242 Å². The van der Waals surface area contributed by atoms with Crippen molar-refractivity contribution < 1.29 is 23.8 Å². The third kappa shape index (κ3) is 5.25. The number of carboxylic acid groups (broad SMARTS) is 1. The van der Waals surface area contributed by atoms with Crippen LogP contribution in [0.15, 0.2) is 54.6 Å². The molecule has 0 spiro atoms. The van der Waals surface area contributed by atoms with Gasteiger partial charge in [0.25, 0.3) is 5.79 Å². The Balaban J connectivity index is 1.18. The van der Waals surface area contributed by atoms with E-state index in [1.807, 2.05) is 19.2 Å². The van der Waals surface area contributed by atoms with Gasteiger partial charge in [0.2, 0.25) is 0 Å². The van der Waals surface area contributed by atoms with E-state index in [0.29, 0.717) is 35.2 Å². The van der Waals surface area contributed by atoms with Gasteiger partial charge in [0.05, 0.1) is 28.7 Å². The standard InChI is InChI=1S/C31H32ClFN4O4/c1-31(23-8-7-21(32)17-24(23)33)40-27-5-3-4-22(29(27)41-31)19-10-13-36(14-11-19)18-28-35-25-9-6-20(30(38)39)16-26(25)37(28)15-12-34-2/h3-9,16-17,19,34H,10-15,18H2,1-2H3,(H,38,39). The molecule has 2 aliphatic rings. The number of carboxylic acids is 1. The number of benzene rings is 3. The van der Waals surface area contributed by atoms with Crippen molar-refractivity contribution in [1.82, 2.24) is 19.8 Å². The molecular weight excluding hydrogens is 547 g/mol. The third-order valence-electron chi connectivity index (χ3n) is 8.08. The maximum absolute atomic E-state index is 14.8. The van der Waals surface area contributed by atoms with Crippen molar-refractivity contribution >= 4 is 28.6 Å². The molecule has 0 radical (unpaired) electrons. The van der Waals surface area contributed by atoms with Crippen LogP contribution in [0.3, 0.4) is 0 Å². The second kappa shape index (κ2) is 11.0. The summed E-state index contributed by atoms with van der Waals surface area (Å²) in [7, 11) is 1.90. The molecule has 8 nitrogen and oxygen atoms in total. The van der Waals surface area contributed by atoms with Gasteiger partial charge in [0.15, 0.2) is 11.5 Å². The highest BCUT2D eigenvalue weighted by Crippen LogP contribution is 2.49. The van der Waals surface area contributed by atoms with E-state index in [1.54, 1.807) is 37.3 Å². The molecule has 0 amide bonds. The number of imidazole rings is 1. The lowest BCUT2D eigenvalue weighted by Crippen LogP contribution is -2.34. The Kier molecular flexibility index (Phi) is 7.36. The number of fused-ring (bicyclic) bond motifs is 2. The maximum atomic E-state index is 14.8. The van der Waals surface area contributed by atoms with Gasteiger partial charge in [-0.1, -0.05) is 23.7 Å². The zero-order valence-corrected chi connectivity index (χ0v) is 23.7. The molecule has 6 rings (SSSR count). The van der Waals surface area contributed by atoms with Crippen molar-refractivity contribution in [2.45, 2.75) is 44.6 Å². The SMILES string of the molecule is CNCCn1c(CN2CCC(c3cccc4c3OC(C)(c3ccc(Cl)cc3F)O4)CC2)nc2ccc(C(=O)O)cc21. The second-order valence-electron chi connectivity index (χ2n) is 10.8. The summed E-state index contributed by atoms with van der Waals surface area (Å²) in [6.07, 6.45) is 1.84. The molecule has 4 aromatic rings. The van der Waals surface area contributed by atoms with Crippen LogP contribution in [-0.2, 0) is 18.9 Å². The van der Waals surface area contributed by atoms with E-state index in [9.17, 15) is 14.3 Å². The number of halogens is 2. The first-order chi connectivity index (χ1) is 19.8. The van der Waals surface area contributed by atoms with E-state index in [2.05, 4.69) is 20.9 Å². The van der Waals surface area contributed by atoms with E-state index in [1.165, 1.54) is 6.07 Å². The summed E-state index contributed by atoms with van der Waals surface area (Å²) in [5.41, 5.74) is 3.26. The number of rotatable bonds is 8. The molecule has 41 heavy (non-hydrogen) atoms. The van der Waals surface area contributed by atoms with Gasteiger partial charge >= 0.3 is 5.97 Å². The summed E-state index contributed by atoms with van der Waals surface area (Å²) < 4.78 is 29.4. The number of aromatic carboxylic acids is 1. The quantitative estimate of drug-likeness (QED) is 0.274. The van der Waals surface area contributed by atoms with Crippen molar-refractivity contribution in [2.75, 3.05) is 26.7 Å². The van der Waals surface area contributed by atoms with Gasteiger partial charge in [0, 0.05) is 30.6 Å². The fraction of sp³-hybridized carbons (Fsp3) is 0.355. The largest absolute Gasteiger partial charge is 0.478 e. The number of likely N-dealkylation sites (N-methyl/N-ethyl adjacent to an activating group) is 1. The molecule has 3 aromatic carbocycles. The number of hydrogen-bond donors (Lipinski definition) is 2. The first-order valence-electron chi connectivity index (χ1n) is 13.8. The molecular formula is C31H32ClFN4O4. The van der Waals surface area contributed by atoms with E-state index in [4.69, 9.17) is 26.1 Å². The summed E-state index contributed by atoms with van der Waals surface area (Å²) in [5, 5.41) is 13.0. The second-order valence-corrected chi connectivity index (χ2v) is 11.2. The molecule has 0 saturated carbocycles. The first kappa shape index (κ1) is 27.5. The van der Waals surface area contributed by atoms with Crippen molar-refractivity contribution in [1.29, 1.82) is 0 Å². The number of para-hydroxylation sites is 1. The third-order valence-corrected chi connectivity index (χ3v) is 8.32. The molecule has 1 unspecified atom stereocenters. The molecule has 0 aliphatic carbocycles. The minimum atomic E-state index is -1.28. The Morgan fingerprint density at radius 1 is 1.17 bits per heavy atom. The Morgan fingerprint density at radius 2 is 1.98 bits per heavy atom. The molecule has 3 heterocycles. The van der Waals surface area contributed by atoms with Crippen LogP contribution in [0.25, 0.3) is 11.0 Å². The van der Waals surface area contributed by atoms with Gasteiger partial charge in [0.1, 0.15) is 11.6 Å². The molecule has 214 valence electrons. The normalized spacial score (nSPS) is 19.2. The smallest absolute Gasteiger partial charge is 0.335 e. The first-order valence-corrected chi connectivity index (χ1v) is 14.2. The molecule has 1 atom stereocenters. The van der Waals surface area contributed by atoms with Gasteiger partial charge in [-0.15, -0.1) is 0 Å². The fourth-order valence-electron chi connectivity index (χ4n) is 5.94. The zero-order valence-electron chi connectivity index (χ0n) is 23.0. The molecule has 2 aliphatic heterocycles. The van der Waals surface area contributed by atoms with Crippen molar-refractivity contribution in [3.8, 4) is 11.5 Å². The van der Waals surface area contributed by atoms with Gasteiger partial charge in [-0.25, -0.2) is 14.2 Å². The van der Waals surface area contributed by atoms with Crippen molar-refractivity contribution in [2.24, 2.45) is 0 Å². The monoisotopic (exact) mass is 578 g/mol. The van der Waals surface area contributed by atoms with Crippen LogP contribution in [0.4, 0.5) is 4.39 Å². The number of nitrogens with one attached hydrogen (secondary N) is 1. The molecule has 0 bridgehead atoms. The number of nitrogens with zero attached hydrogens (tertiary/aromatic N) is 3. The fourth-order valence-corrected chi connectivity index (χ4v) is 6.10. The van der Waals surface area contributed by atoms with Gasteiger partial charge in [-0.3, -0.25) is 4.90 Å². The van der Waals surface area contributed by atoms with E-state index in [0.717, 1.165) is 54.9 Å². The summed E-state index contributed by atoms with van der Waals surface area (Å²) in [6.45, 7) is 5.58. The minimum Gasteiger partial charge on any atom is -0.478 e. The lowest BCUT2D eigenvalue weighted by molar-refractivity contribution is -0.0712. The number of ether oxygens (including phenoxy) is 2. The van der Waals surface area contributed by atoms with Gasteiger partial charge < -0.3 is 24.5 Å². The van der Waals surface area contributed by atoms with Crippen molar-refractivity contribution in [3.05, 3.63) is 88.0 Å². The maximum Gasteiger partial charge on any atom is 0.335 e. The highest BCUT2D eigenvalue weighted by atomic mass is 35.5. The van der Waals surface area contributed by atoms with E-state index in [-0.39, 0.29) is 11.5 Å². The Morgan fingerprint density at radius 3 is 2.71 bits per heavy atom. The number of likely N-dealkylation sites (tertiary alicyclic amines) is 1. The Hall–Kier alpha value is -3.66. The average molecular weight is 579 g/mol. The van der Waals surface area contributed by atoms with Crippen molar-refractivity contribution in [3.63, 3.8) is 0 Å². The van der Waals surface area contributed by atoms with Gasteiger partial charge in [-0.05, 0) is 81.4 Å². The zero-order chi connectivity index (χ0) is 28.7. The molecule has 2 N–H and O–H groups in total. The van der Waals surface area contributed by atoms with Crippen LogP contribution in [0.2, 0.25) is 5.02 Å². The lowest BCUT2D eigenvalue weighted by Gasteiger charge is -2.32.